The quantitative estimate of drug-likeness (QED) is 0.249. The highest BCUT2D eigenvalue weighted by molar-refractivity contribution is 5.78. The summed E-state index contributed by atoms with van der Waals surface area (Å²) in [4.78, 5) is 12.2. The second-order valence-electron chi connectivity index (χ2n) is 8.40. The van der Waals surface area contributed by atoms with E-state index >= 15 is 0 Å². The first-order chi connectivity index (χ1) is 12.2. The summed E-state index contributed by atoms with van der Waals surface area (Å²) in [6.07, 6.45) is 10.1. The summed E-state index contributed by atoms with van der Waals surface area (Å²) in [5.41, 5.74) is -0.898. The van der Waals surface area contributed by atoms with Gasteiger partial charge in [-0.2, -0.15) is 0 Å². The zero-order valence-corrected chi connectivity index (χ0v) is 18.4. The lowest BCUT2D eigenvalue weighted by atomic mass is 9.97. The van der Waals surface area contributed by atoms with E-state index in [9.17, 15) is 4.79 Å². The Labute approximate surface area is 162 Å². The molecule has 0 aromatic heterocycles. The van der Waals surface area contributed by atoms with Crippen molar-refractivity contribution in [3.63, 3.8) is 0 Å². The third-order valence-electron chi connectivity index (χ3n) is 4.55. The molecule has 0 aliphatic rings. The van der Waals surface area contributed by atoms with E-state index in [1.807, 2.05) is 20.8 Å². The molecule has 0 heterocycles. The minimum atomic E-state index is -0.898. The van der Waals surface area contributed by atoms with Crippen LogP contribution in [0.15, 0.2) is 0 Å². The lowest BCUT2D eigenvalue weighted by Crippen LogP contribution is -2.38. The highest BCUT2D eigenvalue weighted by Crippen LogP contribution is 2.18. The lowest BCUT2D eigenvalue weighted by molar-refractivity contribution is -0.172. The summed E-state index contributed by atoms with van der Waals surface area (Å²) in [5.74, 6) is 0.505. The molecule has 0 aromatic rings. The zero-order chi connectivity index (χ0) is 20.0. The summed E-state index contributed by atoms with van der Waals surface area (Å²) in [7, 11) is 0. The van der Waals surface area contributed by atoms with Crippen LogP contribution < -0.4 is 0 Å². The molecule has 0 aliphatic carbocycles. The van der Waals surface area contributed by atoms with E-state index in [2.05, 4.69) is 13.8 Å². The zero-order valence-electron chi connectivity index (χ0n) is 18.4. The number of esters is 1. The molecule has 2 atom stereocenters. The summed E-state index contributed by atoms with van der Waals surface area (Å²) in [6, 6.07) is 0. The number of hydrogen-bond acceptors (Lipinski definition) is 4. The molecule has 0 bridgehead atoms. The van der Waals surface area contributed by atoms with Crippen LogP contribution in [-0.2, 0) is 19.0 Å². The lowest BCUT2D eigenvalue weighted by Gasteiger charge is -2.24. The molecule has 4 heteroatoms. The first-order valence-corrected chi connectivity index (χ1v) is 10.7. The first kappa shape index (κ1) is 25.4. The predicted molar refractivity (Wildman–Crippen MR) is 108 cm³/mol. The van der Waals surface area contributed by atoms with Crippen LogP contribution in [0.5, 0.6) is 0 Å². The molecule has 156 valence electrons. The van der Waals surface area contributed by atoms with Gasteiger partial charge in [-0.25, -0.2) is 4.79 Å². The van der Waals surface area contributed by atoms with Crippen molar-refractivity contribution in [1.29, 1.82) is 0 Å². The van der Waals surface area contributed by atoms with Gasteiger partial charge < -0.3 is 14.2 Å². The van der Waals surface area contributed by atoms with Gasteiger partial charge in [0.15, 0.2) is 5.60 Å². The van der Waals surface area contributed by atoms with Crippen molar-refractivity contribution in [3.05, 3.63) is 0 Å². The minimum absolute atomic E-state index is 0.103. The standard InChI is InChI=1S/C22H44O4/c1-8-9-11-14-19(4)15-12-10-13-16-25-22(6,7)21(23)24-17-20(5)26-18(2)3/h18-20H,8-17H2,1-7H3. The maximum atomic E-state index is 12.2. The average Bonchev–Trinajstić information content (AvgIpc) is 2.55. The molecule has 0 fully saturated rings. The summed E-state index contributed by atoms with van der Waals surface area (Å²) in [5, 5.41) is 0. The van der Waals surface area contributed by atoms with Crippen molar-refractivity contribution in [2.45, 2.75) is 118 Å². The third-order valence-corrected chi connectivity index (χ3v) is 4.55. The number of ether oxygens (including phenoxy) is 3. The highest BCUT2D eigenvalue weighted by atomic mass is 16.6. The van der Waals surface area contributed by atoms with Gasteiger partial charge in [0.2, 0.25) is 0 Å². The third kappa shape index (κ3) is 13.6. The van der Waals surface area contributed by atoms with Crippen molar-refractivity contribution >= 4 is 5.97 Å². The molecule has 0 saturated heterocycles. The summed E-state index contributed by atoms with van der Waals surface area (Å²) >= 11 is 0. The van der Waals surface area contributed by atoms with Crippen molar-refractivity contribution in [3.8, 4) is 0 Å². The van der Waals surface area contributed by atoms with Crippen LogP contribution in [0, 0.1) is 5.92 Å². The molecule has 0 radical (unpaired) electrons. The molecule has 0 N–H and O–H groups in total. The van der Waals surface area contributed by atoms with Crippen LogP contribution in [-0.4, -0.2) is 37.0 Å². The van der Waals surface area contributed by atoms with Gasteiger partial charge in [-0.15, -0.1) is 0 Å². The topological polar surface area (TPSA) is 44.8 Å². The van der Waals surface area contributed by atoms with E-state index in [1.165, 1.54) is 38.5 Å². The fourth-order valence-corrected chi connectivity index (χ4v) is 2.92. The summed E-state index contributed by atoms with van der Waals surface area (Å²) in [6.45, 7) is 14.9. The van der Waals surface area contributed by atoms with Crippen LogP contribution in [0.1, 0.15) is 99.8 Å². The van der Waals surface area contributed by atoms with Crippen molar-refractivity contribution < 1.29 is 19.0 Å². The molecule has 26 heavy (non-hydrogen) atoms. The Morgan fingerprint density at radius 1 is 0.923 bits per heavy atom. The molecular weight excluding hydrogens is 328 g/mol. The van der Waals surface area contributed by atoms with Gasteiger partial charge in [0.25, 0.3) is 0 Å². The van der Waals surface area contributed by atoms with Gasteiger partial charge in [0.1, 0.15) is 6.61 Å². The predicted octanol–water partition coefficient (Wildman–Crippen LogP) is 5.92. The average molecular weight is 373 g/mol. The number of carbonyl (C=O) groups excluding carboxylic acids is 1. The molecule has 0 rings (SSSR count). The Kier molecular flexibility index (Phi) is 14.1. The SMILES string of the molecule is CCCCCC(C)CCCCCOC(C)(C)C(=O)OCC(C)OC(C)C. The minimum Gasteiger partial charge on any atom is -0.461 e. The smallest absolute Gasteiger partial charge is 0.337 e. The van der Waals surface area contributed by atoms with Crippen molar-refractivity contribution in [2.24, 2.45) is 5.92 Å². The maximum absolute atomic E-state index is 12.2. The Hall–Kier alpha value is -0.610. The molecule has 2 unspecified atom stereocenters. The highest BCUT2D eigenvalue weighted by Gasteiger charge is 2.30. The van der Waals surface area contributed by atoms with Crippen LogP contribution in [0.3, 0.4) is 0 Å². The van der Waals surface area contributed by atoms with Crippen LogP contribution in [0.4, 0.5) is 0 Å². The number of carbonyl (C=O) groups is 1. The van der Waals surface area contributed by atoms with Crippen molar-refractivity contribution in [2.75, 3.05) is 13.2 Å². The van der Waals surface area contributed by atoms with Gasteiger partial charge in [0.05, 0.1) is 12.2 Å². The Bertz CT molecular complexity index is 352. The van der Waals surface area contributed by atoms with E-state index in [4.69, 9.17) is 14.2 Å². The van der Waals surface area contributed by atoms with Crippen LogP contribution in [0.25, 0.3) is 0 Å². The van der Waals surface area contributed by atoms with Crippen LogP contribution in [0.2, 0.25) is 0 Å². The molecule has 0 aliphatic heterocycles. The first-order valence-electron chi connectivity index (χ1n) is 10.7. The van der Waals surface area contributed by atoms with Gasteiger partial charge in [-0.3, -0.25) is 0 Å². The maximum Gasteiger partial charge on any atom is 0.337 e. The largest absolute Gasteiger partial charge is 0.461 e. The Morgan fingerprint density at radius 2 is 1.54 bits per heavy atom. The van der Waals surface area contributed by atoms with E-state index in [0.29, 0.717) is 6.61 Å². The monoisotopic (exact) mass is 372 g/mol. The number of unbranched alkanes of at least 4 members (excludes halogenated alkanes) is 4. The second-order valence-corrected chi connectivity index (χ2v) is 8.40. The second kappa shape index (κ2) is 14.4. The Balaban J connectivity index is 3.80. The van der Waals surface area contributed by atoms with E-state index < -0.39 is 5.60 Å². The molecular formula is C22H44O4. The molecule has 0 amide bonds. The van der Waals surface area contributed by atoms with E-state index in [1.54, 1.807) is 13.8 Å². The van der Waals surface area contributed by atoms with Gasteiger partial charge >= 0.3 is 5.97 Å². The number of rotatable bonds is 16. The molecule has 0 aromatic carbocycles. The molecule has 0 spiro atoms. The normalized spacial score (nSPS) is 14.5. The fourth-order valence-electron chi connectivity index (χ4n) is 2.92. The van der Waals surface area contributed by atoms with Gasteiger partial charge in [-0.1, -0.05) is 58.8 Å². The van der Waals surface area contributed by atoms with Gasteiger partial charge in [-0.05, 0) is 47.0 Å². The Morgan fingerprint density at radius 3 is 2.12 bits per heavy atom. The van der Waals surface area contributed by atoms with E-state index in [0.717, 1.165) is 18.8 Å². The van der Waals surface area contributed by atoms with Gasteiger partial charge in [0, 0.05) is 6.61 Å². The molecule has 4 nitrogen and oxygen atoms in total. The molecule has 0 saturated carbocycles. The number of hydrogen-bond donors (Lipinski definition) is 0. The summed E-state index contributed by atoms with van der Waals surface area (Å²) < 4.78 is 16.7. The van der Waals surface area contributed by atoms with Crippen molar-refractivity contribution in [1.82, 2.24) is 0 Å². The van der Waals surface area contributed by atoms with E-state index in [-0.39, 0.29) is 24.8 Å². The fraction of sp³-hybridized carbons (Fsp3) is 0.955. The van der Waals surface area contributed by atoms with Crippen LogP contribution >= 0.6 is 0 Å².